The molecule has 0 radical (unpaired) electrons. The first-order chi connectivity index (χ1) is 17.0. The van der Waals surface area contributed by atoms with Crippen molar-refractivity contribution in [3.63, 3.8) is 0 Å². The van der Waals surface area contributed by atoms with Crippen molar-refractivity contribution in [2.45, 2.75) is 125 Å². The van der Waals surface area contributed by atoms with Crippen LogP contribution in [0.15, 0.2) is 18.2 Å². The smallest absolute Gasteiger partial charge is 0.408 e. The van der Waals surface area contributed by atoms with Crippen molar-refractivity contribution in [2.24, 2.45) is 5.92 Å². The minimum atomic E-state index is -0.848. The number of benzene rings is 1. The zero-order chi connectivity index (χ0) is 28.6. The van der Waals surface area contributed by atoms with Crippen LogP contribution in [0.1, 0.15) is 111 Å². The highest BCUT2D eigenvalue weighted by Gasteiger charge is 2.43. The molecule has 0 saturated heterocycles. The quantitative estimate of drug-likeness (QED) is 0.341. The van der Waals surface area contributed by atoms with E-state index in [-0.39, 0.29) is 17.7 Å². The third-order valence-electron chi connectivity index (χ3n) is 6.43. The number of nitrogens with zero attached hydrogens (tertiary/aromatic N) is 1. The standard InChI is InChI=1S/C30H51N3O4/c1-12-14-15-18-31-26(34)25(23-19-20(3)16-17-22(23)5)33(29(6,7)8)27(35)24(21(4)13-2)32-28(36)37-30(9,10)11/h16-17,19,21,24-25H,12-15,18H2,1-11H3,(H,31,34)(H,32,36). The van der Waals surface area contributed by atoms with Crippen LogP contribution in [0.5, 0.6) is 0 Å². The molecule has 0 bridgehead atoms. The maximum Gasteiger partial charge on any atom is 0.408 e. The zero-order valence-electron chi connectivity index (χ0n) is 25.1. The first-order valence-electron chi connectivity index (χ1n) is 13.7. The summed E-state index contributed by atoms with van der Waals surface area (Å²) in [6.07, 6.45) is 2.97. The van der Waals surface area contributed by atoms with Gasteiger partial charge in [0.25, 0.3) is 0 Å². The van der Waals surface area contributed by atoms with Gasteiger partial charge in [0.05, 0.1) is 0 Å². The Bertz CT molecular complexity index is 914. The highest BCUT2D eigenvalue weighted by atomic mass is 16.6. The predicted molar refractivity (Wildman–Crippen MR) is 150 cm³/mol. The molecule has 0 aliphatic heterocycles. The fourth-order valence-electron chi connectivity index (χ4n) is 4.25. The molecule has 3 unspecified atom stereocenters. The lowest BCUT2D eigenvalue weighted by atomic mass is 9.89. The number of carbonyl (C=O) groups is 3. The molecule has 0 aliphatic rings. The lowest BCUT2D eigenvalue weighted by Gasteiger charge is -2.44. The van der Waals surface area contributed by atoms with Crippen LogP contribution in [0.3, 0.4) is 0 Å². The number of nitrogens with one attached hydrogen (secondary N) is 2. The van der Waals surface area contributed by atoms with Crippen LogP contribution in [0.4, 0.5) is 4.79 Å². The van der Waals surface area contributed by atoms with Crippen molar-refractivity contribution in [1.82, 2.24) is 15.5 Å². The fourth-order valence-corrected chi connectivity index (χ4v) is 4.25. The zero-order valence-corrected chi connectivity index (χ0v) is 25.1. The van der Waals surface area contributed by atoms with Crippen LogP contribution in [-0.4, -0.2) is 46.5 Å². The molecule has 1 aromatic carbocycles. The van der Waals surface area contributed by atoms with Gasteiger partial charge in [0, 0.05) is 12.1 Å². The summed E-state index contributed by atoms with van der Waals surface area (Å²) in [6.45, 7) is 21.6. The second-order valence-corrected chi connectivity index (χ2v) is 12.1. The Morgan fingerprint density at radius 3 is 2.14 bits per heavy atom. The second-order valence-electron chi connectivity index (χ2n) is 12.1. The van der Waals surface area contributed by atoms with E-state index in [1.807, 2.05) is 66.7 Å². The normalized spacial score (nSPS) is 14.4. The van der Waals surface area contributed by atoms with E-state index in [1.165, 1.54) is 0 Å². The number of ether oxygens (including phenoxy) is 1. The Kier molecular flexibility index (Phi) is 12.1. The maximum absolute atomic E-state index is 14.4. The van der Waals surface area contributed by atoms with Gasteiger partial charge in [-0.2, -0.15) is 0 Å². The molecule has 0 heterocycles. The summed E-state index contributed by atoms with van der Waals surface area (Å²) in [5, 5.41) is 5.90. The third kappa shape index (κ3) is 10.0. The average molecular weight is 518 g/mol. The van der Waals surface area contributed by atoms with E-state index < -0.39 is 29.3 Å². The lowest BCUT2D eigenvalue weighted by Crippen LogP contribution is -2.60. The van der Waals surface area contributed by atoms with Crippen molar-refractivity contribution in [3.05, 3.63) is 34.9 Å². The highest BCUT2D eigenvalue weighted by Crippen LogP contribution is 2.33. The molecule has 2 N–H and O–H groups in total. The van der Waals surface area contributed by atoms with Gasteiger partial charge in [0.1, 0.15) is 17.7 Å². The Morgan fingerprint density at radius 1 is 1.00 bits per heavy atom. The van der Waals surface area contributed by atoms with Gasteiger partial charge in [0.15, 0.2) is 0 Å². The van der Waals surface area contributed by atoms with E-state index in [0.717, 1.165) is 36.0 Å². The van der Waals surface area contributed by atoms with Crippen LogP contribution in [0.2, 0.25) is 0 Å². The molecule has 0 saturated carbocycles. The minimum Gasteiger partial charge on any atom is -0.444 e. The Labute approximate surface area is 225 Å². The Hall–Kier alpha value is -2.57. The van der Waals surface area contributed by atoms with Gasteiger partial charge >= 0.3 is 6.09 Å². The van der Waals surface area contributed by atoms with Crippen LogP contribution in [0.25, 0.3) is 0 Å². The van der Waals surface area contributed by atoms with Crippen molar-refractivity contribution >= 4 is 17.9 Å². The number of alkyl carbamates (subject to hydrolysis) is 1. The van der Waals surface area contributed by atoms with E-state index in [0.29, 0.717) is 13.0 Å². The van der Waals surface area contributed by atoms with Gasteiger partial charge in [-0.1, -0.05) is 63.8 Å². The monoisotopic (exact) mass is 517 g/mol. The van der Waals surface area contributed by atoms with E-state index in [2.05, 4.69) is 17.6 Å². The summed E-state index contributed by atoms with van der Waals surface area (Å²) in [5.74, 6) is -0.688. The third-order valence-corrected chi connectivity index (χ3v) is 6.43. The van der Waals surface area contributed by atoms with Gasteiger partial charge in [-0.05, 0) is 78.9 Å². The van der Waals surface area contributed by atoms with Crippen molar-refractivity contribution in [3.8, 4) is 0 Å². The predicted octanol–water partition coefficient (Wildman–Crippen LogP) is 6.22. The second kappa shape index (κ2) is 13.8. The topological polar surface area (TPSA) is 87.7 Å². The molecule has 210 valence electrons. The number of rotatable bonds is 11. The molecule has 0 aliphatic carbocycles. The first kappa shape index (κ1) is 32.5. The van der Waals surface area contributed by atoms with Crippen LogP contribution in [0, 0.1) is 19.8 Å². The molecule has 37 heavy (non-hydrogen) atoms. The van der Waals surface area contributed by atoms with Crippen LogP contribution < -0.4 is 10.6 Å². The number of amides is 3. The van der Waals surface area contributed by atoms with Crippen LogP contribution >= 0.6 is 0 Å². The molecular formula is C30H51N3O4. The largest absolute Gasteiger partial charge is 0.444 e. The molecule has 3 amide bonds. The van der Waals surface area contributed by atoms with Crippen molar-refractivity contribution in [1.29, 1.82) is 0 Å². The number of unbranched alkanes of at least 4 members (excludes halogenated alkanes) is 2. The van der Waals surface area contributed by atoms with Gasteiger partial charge in [0.2, 0.25) is 11.8 Å². The SMILES string of the molecule is CCCCCNC(=O)C(c1cc(C)ccc1C)N(C(=O)C(NC(=O)OC(C)(C)C)C(C)CC)C(C)(C)C. The van der Waals surface area contributed by atoms with Gasteiger partial charge in [-0.3, -0.25) is 9.59 Å². The first-order valence-corrected chi connectivity index (χ1v) is 13.7. The fraction of sp³-hybridized carbons (Fsp3) is 0.700. The molecule has 7 heteroatoms. The molecular weight excluding hydrogens is 466 g/mol. The number of hydrogen-bond donors (Lipinski definition) is 2. The van der Waals surface area contributed by atoms with Crippen LogP contribution in [-0.2, 0) is 14.3 Å². The molecule has 3 atom stereocenters. The summed E-state index contributed by atoms with van der Waals surface area (Å²) in [5.41, 5.74) is 1.32. The van der Waals surface area contributed by atoms with E-state index >= 15 is 0 Å². The van der Waals surface area contributed by atoms with Gasteiger partial charge in [-0.25, -0.2) is 4.79 Å². The molecule has 0 fully saturated rings. The Morgan fingerprint density at radius 2 is 1.62 bits per heavy atom. The summed E-state index contributed by atoms with van der Waals surface area (Å²) < 4.78 is 5.48. The number of hydrogen-bond acceptors (Lipinski definition) is 4. The van der Waals surface area contributed by atoms with E-state index in [9.17, 15) is 14.4 Å². The number of carbonyl (C=O) groups excluding carboxylic acids is 3. The average Bonchev–Trinajstić information content (AvgIpc) is 2.77. The van der Waals surface area contributed by atoms with E-state index in [1.54, 1.807) is 25.7 Å². The van der Waals surface area contributed by atoms with Crippen molar-refractivity contribution in [2.75, 3.05) is 6.54 Å². The van der Waals surface area contributed by atoms with Gasteiger partial charge < -0.3 is 20.3 Å². The molecule has 1 rings (SSSR count). The summed E-state index contributed by atoms with van der Waals surface area (Å²) in [7, 11) is 0. The Balaban J connectivity index is 3.61. The molecule has 1 aromatic rings. The summed E-state index contributed by atoms with van der Waals surface area (Å²) in [6, 6.07) is 4.28. The van der Waals surface area contributed by atoms with E-state index in [4.69, 9.17) is 4.74 Å². The minimum absolute atomic E-state index is 0.170. The lowest BCUT2D eigenvalue weighted by molar-refractivity contribution is -0.149. The molecule has 7 nitrogen and oxygen atoms in total. The highest BCUT2D eigenvalue weighted by molar-refractivity contribution is 5.93. The van der Waals surface area contributed by atoms with Crippen molar-refractivity contribution < 1.29 is 19.1 Å². The summed E-state index contributed by atoms with van der Waals surface area (Å²) >= 11 is 0. The maximum atomic E-state index is 14.4. The molecule has 0 aromatic heterocycles. The summed E-state index contributed by atoms with van der Waals surface area (Å²) in [4.78, 5) is 42.6. The number of aryl methyl sites for hydroxylation is 2. The molecule has 0 spiro atoms. The van der Waals surface area contributed by atoms with Gasteiger partial charge in [-0.15, -0.1) is 0 Å².